The highest BCUT2D eigenvalue weighted by molar-refractivity contribution is 8.15. The highest BCUT2D eigenvalue weighted by Gasteiger charge is 2.21. The number of nitrogens with zero attached hydrogens (tertiary/aromatic N) is 4. The van der Waals surface area contributed by atoms with Crippen LogP contribution < -0.4 is 5.43 Å². The van der Waals surface area contributed by atoms with Gasteiger partial charge in [-0.1, -0.05) is 77.3 Å². The van der Waals surface area contributed by atoms with E-state index in [0.717, 1.165) is 17.3 Å². The van der Waals surface area contributed by atoms with Gasteiger partial charge >= 0.3 is 0 Å². The summed E-state index contributed by atoms with van der Waals surface area (Å²) < 4.78 is 1.89. The number of carbonyl (C=O) groups excluding carboxylic acids is 1. The van der Waals surface area contributed by atoms with Gasteiger partial charge in [-0.05, 0) is 47.7 Å². The summed E-state index contributed by atoms with van der Waals surface area (Å²) in [6.45, 7) is 1.91. The SMILES string of the molecule is CC(=O)/C(=N\Nc1ccccc1Cl)Sc1nnc(-c2ccc(Cl)cc2Cl)n1Cc1ccccc1. The van der Waals surface area contributed by atoms with Crippen LogP contribution in [0, 0.1) is 0 Å². The molecule has 0 aliphatic carbocycles. The second kappa shape index (κ2) is 11.1. The summed E-state index contributed by atoms with van der Waals surface area (Å²) in [5.41, 5.74) is 5.16. The molecule has 0 saturated heterocycles. The standard InChI is InChI=1S/C24H18Cl3N5OS/c1-15(33)23(30-28-21-10-6-5-9-19(21)26)34-24-31-29-22(18-12-11-17(25)13-20(18)27)32(24)14-16-7-3-2-4-8-16/h2-13,28H,14H2,1H3/b30-23+. The lowest BCUT2D eigenvalue weighted by molar-refractivity contribution is -0.110. The molecule has 0 saturated carbocycles. The molecule has 10 heteroatoms. The molecule has 0 bridgehead atoms. The molecule has 4 rings (SSSR count). The van der Waals surface area contributed by atoms with Gasteiger partial charge < -0.3 is 0 Å². The quantitative estimate of drug-likeness (QED) is 0.120. The smallest absolute Gasteiger partial charge is 0.198 e. The molecule has 0 fully saturated rings. The average molecular weight is 531 g/mol. The minimum Gasteiger partial charge on any atom is -0.297 e. The van der Waals surface area contributed by atoms with Crippen molar-refractivity contribution in [1.29, 1.82) is 0 Å². The number of hydrogen-bond donors (Lipinski definition) is 1. The number of nitrogens with one attached hydrogen (secondary N) is 1. The molecule has 1 aromatic heterocycles. The molecule has 1 N–H and O–H groups in total. The summed E-state index contributed by atoms with van der Waals surface area (Å²) in [7, 11) is 0. The lowest BCUT2D eigenvalue weighted by Crippen LogP contribution is -2.11. The number of anilines is 1. The Bertz CT molecular complexity index is 1360. The predicted molar refractivity (Wildman–Crippen MR) is 140 cm³/mol. The molecule has 0 aliphatic rings. The number of rotatable bonds is 7. The second-order valence-corrected chi connectivity index (χ2v) is 9.38. The zero-order valence-electron chi connectivity index (χ0n) is 17.9. The van der Waals surface area contributed by atoms with E-state index < -0.39 is 0 Å². The second-order valence-electron chi connectivity index (χ2n) is 7.17. The number of hydrazone groups is 1. The number of carbonyl (C=O) groups is 1. The normalized spacial score (nSPS) is 11.5. The van der Waals surface area contributed by atoms with E-state index in [1.54, 1.807) is 30.3 Å². The van der Waals surface area contributed by atoms with Crippen LogP contribution in [-0.2, 0) is 11.3 Å². The van der Waals surface area contributed by atoms with Crippen LogP contribution in [0.4, 0.5) is 5.69 Å². The molecular weight excluding hydrogens is 513 g/mol. The van der Waals surface area contributed by atoms with Crippen molar-refractivity contribution in [3.63, 3.8) is 0 Å². The summed E-state index contributed by atoms with van der Waals surface area (Å²) in [4.78, 5) is 12.4. The Hall–Kier alpha value is -2.84. The Morgan fingerprint density at radius 3 is 2.41 bits per heavy atom. The van der Waals surface area contributed by atoms with E-state index >= 15 is 0 Å². The number of Topliss-reactive ketones (excluding diaryl/α,β-unsaturated/α-hetero) is 1. The van der Waals surface area contributed by atoms with Crippen molar-refractivity contribution >= 4 is 63.1 Å². The highest BCUT2D eigenvalue weighted by Crippen LogP contribution is 2.32. The van der Waals surface area contributed by atoms with Gasteiger partial charge in [0.1, 0.15) is 0 Å². The van der Waals surface area contributed by atoms with Crippen LogP contribution in [0.3, 0.4) is 0 Å². The van der Waals surface area contributed by atoms with Crippen LogP contribution >= 0.6 is 46.6 Å². The van der Waals surface area contributed by atoms with E-state index in [1.807, 2.05) is 47.0 Å². The van der Waals surface area contributed by atoms with Crippen molar-refractivity contribution in [2.24, 2.45) is 5.10 Å². The average Bonchev–Trinajstić information content (AvgIpc) is 3.19. The molecule has 4 aromatic rings. The minimum absolute atomic E-state index is 0.204. The fourth-order valence-corrected chi connectivity index (χ4v) is 4.49. The van der Waals surface area contributed by atoms with Gasteiger partial charge in [-0.3, -0.25) is 14.8 Å². The molecule has 0 amide bonds. The largest absolute Gasteiger partial charge is 0.297 e. The molecule has 0 aliphatic heterocycles. The lowest BCUT2D eigenvalue weighted by Gasteiger charge is -2.12. The first-order valence-corrected chi connectivity index (χ1v) is 12.1. The molecule has 6 nitrogen and oxygen atoms in total. The van der Waals surface area contributed by atoms with Gasteiger partial charge in [-0.15, -0.1) is 10.2 Å². The summed E-state index contributed by atoms with van der Waals surface area (Å²) >= 11 is 19.8. The van der Waals surface area contributed by atoms with Crippen molar-refractivity contribution in [2.75, 3.05) is 5.43 Å². The molecule has 0 atom stereocenters. The summed E-state index contributed by atoms with van der Waals surface area (Å²) in [5, 5.41) is 15.2. The van der Waals surface area contributed by atoms with E-state index in [4.69, 9.17) is 34.8 Å². The van der Waals surface area contributed by atoms with Gasteiger partial charge in [0.25, 0.3) is 0 Å². The van der Waals surface area contributed by atoms with Crippen molar-refractivity contribution in [3.05, 3.63) is 93.4 Å². The van der Waals surface area contributed by atoms with Crippen LogP contribution in [0.2, 0.25) is 15.1 Å². The third-order valence-corrected chi connectivity index (χ3v) is 6.65. The van der Waals surface area contributed by atoms with Crippen molar-refractivity contribution in [2.45, 2.75) is 18.6 Å². The maximum absolute atomic E-state index is 12.4. The third-order valence-electron chi connectivity index (χ3n) is 4.71. The van der Waals surface area contributed by atoms with Crippen molar-refractivity contribution < 1.29 is 4.79 Å². The molecule has 172 valence electrons. The maximum Gasteiger partial charge on any atom is 0.198 e. The molecule has 0 radical (unpaired) electrons. The molecule has 34 heavy (non-hydrogen) atoms. The van der Waals surface area contributed by atoms with Crippen LogP contribution in [-0.4, -0.2) is 25.6 Å². The van der Waals surface area contributed by atoms with Gasteiger partial charge in [0.2, 0.25) is 0 Å². The first-order chi connectivity index (χ1) is 16.4. The number of halogens is 3. The fraction of sp³-hybridized carbons (Fsp3) is 0.0833. The van der Waals surface area contributed by atoms with E-state index in [9.17, 15) is 4.79 Å². The Morgan fingerprint density at radius 1 is 0.971 bits per heavy atom. The van der Waals surface area contributed by atoms with Gasteiger partial charge in [-0.25, -0.2) is 0 Å². The first kappa shape index (κ1) is 24.3. The maximum atomic E-state index is 12.4. The van der Waals surface area contributed by atoms with E-state index in [2.05, 4.69) is 20.7 Å². The fourth-order valence-electron chi connectivity index (χ4n) is 3.07. The topological polar surface area (TPSA) is 72.2 Å². The monoisotopic (exact) mass is 529 g/mol. The van der Waals surface area contributed by atoms with Gasteiger partial charge in [0, 0.05) is 17.5 Å². The number of thioether (sulfide) groups is 1. The Kier molecular flexibility index (Phi) is 7.90. The van der Waals surface area contributed by atoms with Crippen molar-refractivity contribution in [3.8, 4) is 11.4 Å². The van der Waals surface area contributed by atoms with Gasteiger partial charge in [-0.2, -0.15) is 5.10 Å². The molecule has 1 heterocycles. The highest BCUT2D eigenvalue weighted by atomic mass is 35.5. The molecule has 0 spiro atoms. The summed E-state index contributed by atoms with van der Waals surface area (Å²) in [6.07, 6.45) is 0. The van der Waals surface area contributed by atoms with Gasteiger partial charge in [0.05, 0.1) is 22.3 Å². The summed E-state index contributed by atoms with van der Waals surface area (Å²) in [6, 6.07) is 22.2. The number of ketones is 1. The summed E-state index contributed by atoms with van der Waals surface area (Å²) in [5.74, 6) is 0.319. The first-order valence-electron chi connectivity index (χ1n) is 10.1. The molecule has 0 unspecified atom stereocenters. The molecule has 3 aromatic carbocycles. The predicted octanol–water partition coefficient (Wildman–Crippen LogP) is 7.06. The van der Waals surface area contributed by atoms with Crippen molar-refractivity contribution in [1.82, 2.24) is 14.8 Å². The van der Waals surface area contributed by atoms with Crippen LogP contribution in [0.1, 0.15) is 12.5 Å². The Morgan fingerprint density at radius 2 is 1.71 bits per heavy atom. The van der Waals surface area contributed by atoms with E-state index in [-0.39, 0.29) is 10.8 Å². The van der Waals surface area contributed by atoms with Crippen LogP contribution in [0.25, 0.3) is 11.4 Å². The number of aromatic nitrogens is 3. The van der Waals surface area contributed by atoms with Gasteiger partial charge in [0.15, 0.2) is 21.8 Å². The zero-order chi connectivity index (χ0) is 24.1. The lowest BCUT2D eigenvalue weighted by atomic mass is 10.2. The van der Waals surface area contributed by atoms with Crippen LogP contribution in [0.15, 0.2) is 83.1 Å². The van der Waals surface area contributed by atoms with Crippen LogP contribution in [0.5, 0.6) is 0 Å². The number of para-hydroxylation sites is 1. The van der Waals surface area contributed by atoms with E-state index in [0.29, 0.717) is 43.8 Å². The zero-order valence-corrected chi connectivity index (χ0v) is 21.0. The number of hydrogen-bond acceptors (Lipinski definition) is 6. The Labute approximate surface area is 215 Å². The van der Waals surface area contributed by atoms with E-state index in [1.165, 1.54) is 6.92 Å². The Balaban J connectivity index is 1.72. The molecular formula is C24H18Cl3N5OS. The third kappa shape index (κ3) is 5.80. The minimum atomic E-state index is -0.232. The number of benzene rings is 3.